The van der Waals surface area contributed by atoms with Crippen molar-refractivity contribution in [3.05, 3.63) is 39.4 Å². The normalized spacial score (nSPS) is 21.4. The van der Waals surface area contributed by atoms with E-state index in [4.69, 9.17) is 0 Å². The summed E-state index contributed by atoms with van der Waals surface area (Å²) in [5.74, 6) is -3.29. The zero-order valence-corrected chi connectivity index (χ0v) is 9.79. The molecule has 1 aromatic carbocycles. The molecule has 0 unspecified atom stereocenters. The Bertz CT molecular complexity index is 644. The Balaban J connectivity index is 2.11. The van der Waals surface area contributed by atoms with Gasteiger partial charge in [-0.05, 0) is 12.8 Å². The van der Waals surface area contributed by atoms with Gasteiger partial charge in [-0.25, -0.2) is 0 Å². The number of carbonyl (C=O) groups excluding carboxylic acids is 3. The number of Topliss-reactive ketones (excluding diaryl/α,β-unsaturated/α-hetero) is 3. The molecule has 0 aromatic heterocycles. The zero-order chi connectivity index (χ0) is 13.7. The van der Waals surface area contributed by atoms with Crippen molar-refractivity contribution in [1.82, 2.24) is 0 Å². The quantitative estimate of drug-likeness (QED) is 0.466. The summed E-state index contributed by atoms with van der Waals surface area (Å²) in [4.78, 5) is 46.4. The third kappa shape index (κ3) is 1.60. The van der Waals surface area contributed by atoms with E-state index in [0.717, 1.165) is 0 Å². The minimum Gasteiger partial charge on any atom is -0.298 e. The zero-order valence-electron chi connectivity index (χ0n) is 9.79. The lowest BCUT2D eigenvalue weighted by atomic mass is 9.95. The SMILES string of the molecule is O=C1c2cccc([N+](=O)[O-])c2C(=O)[C@H]1C(=O)C1CC1. The molecule has 2 aliphatic rings. The van der Waals surface area contributed by atoms with Gasteiger partial charge in [-0.3, -0.25) is 24.5 Å². The first-order valence-electron chi connectivity index (χ1n) is 5.92. The second kappa shape index (κ2) is 3.81. The molecule has 0 bridgehead atoms. The van der Waals surface area contributed by atoms with Crippen LogP contribution in [0.25, 0.3) is 0 Å². The number of hydrogen-bond donors (Lipinski definition) is 0. The average Bonchev–Trinajstić information content (AvgIpc) is 3.18. The van der Waals surface area contributed by atoms with Gasteiger partial charge in [-0.1, -0.05) is 12.1 Å². The summed E-state index contributed by atoms with van der Waals surface area (Å²) in [5, 5.41) is 10.9. The second-order valence-electron chi connectivity index (χ2n) is 4.79. The first-order chi connectivity index (χ1) is 9.02. The Labute approximate surface area is 107 Å². The molecule has 1 atom stereocenters. The highest BCUT2D eigenvalue weighted by molar-refractivity contribution is 6.37. The van der Waals surface area contributed by atoms with Crippen LogP contribution in [0.4, 0.5) is 5.69 Å². The summed E-state index contributed by atoms with van der Waals surface area (Å²) < 4.78 is 0. The molecule has 1 saturated carbocycles. The monoisotopic (exact) mass is 259 g/mol. The van der Waals surface area contributed by atoms with Crippen molar-refractivity contribution in [3.8, 4) is 0 Å². The van der Waals surface area contributed by atoms with Crippen LogP contribution in [0.3, 0.4) is 0 Å². The van der Waals surface area contributed by atoms with Crippen LogP contribution in [0.1, 0.15) is 33.6 Å². The number of carbonyl (C=O) groups is 3. The van der Waals surface area contributed by atoms with Crippen LogP contribution >= 0.6 is 0 Å². The number of fused-ring (bicyclic) bond motifs is 1. The van der Waals surface area contributed by atoms with Gasteiger partial charge in [0.05, 0.1) is 4.92 Å². The lowest BCUT2D eigenvalue weighted by Crippen LogP contribution is -2.26. The molecule has 0 amide bonds. The van der Waals surface area contributed by atoms with Gasteiger partial charge in [0.25, 0.3) is 5.69 Å². The van der Waals surface area contributed by atoms with Crippen LogP contribution < -0.4 is 0 Å². The Hall–Kier alpha value is -2.37. The van der Waals surface area contributed by atoms with E-state index in [9.17, 15) is 24.5 Å². The largest absolute Gasteiger partial charge is 0.298 e. The van der Waals surface area contributed by atoms with Gasteiger partial charge in [-0.15, -0.1) is 0 Å². The Morgan fingerprint density at radius 2 is 1.89 bits per heavy atom. The summed E-state index contributed by atoms with van der Waals surface area (Å²) in [6.45, 7) is 0. The lowest BCUT2D eigenvalue weighted by molar-refractivity contribution is -0.385. The summed E-state index contributed by atoms with van der Waals surface area (Å²) in [6, 6.07) is 3.89. The van der Waals surface area contributed by atoms with Gasteiger partial charge >= 0.3 is 0 Å². The van der Waals surface area contributed by atoms with E-state index in [0.29, 0.717) is 12.8 Å². The van der Waals surface area contributed by atoms with Gasteiger partial charge in [0.15, 0.2) is 17.3 Å². The van der Waals surface area contributed by atoms with E-state index in [2.05, 4.69) is 0 Å². The molecule has 6 heteroatoms. The van der Waals surface area contributed by atoms with E-state index in [1.807, 2.05) is 0 Å². The van der Waals surface area contributed by atoms with E-state index in [1.165, 1.54) is 18.2 Å². The van der Waals surface area contributed by atoms with Crippen LogP contribution in [-0.4, -0.2) is 22.3 Å². The molecule has 6 nitrogen and oxygen atoms in total. The molecule has 0 spiro atoms. The van der Waals surface area contributed by atoms with Crippen molar-refractivity contribution < 1.29 is 19.3 Å². The van der Waals surface area contributed by atoms with Crippen molar-refractivity contribution in [2.75, 3.05) is 0 Å². The molecule has 19 heavy (non-hydrogen) atoms. The van der Waals surface area contributed by atoms with Gasteiger partial charge in [0.2, 0.25) is 0 Å². The fourth-order valence-electron chi connectivity index (χ4n) is 2.44. The molecule has 1 fully saturated rings. The number of ketones is 3. The van der Waals surface area contributed by atoms with Crippen LogP contribution in [0.15, 0.2) is 18.2 Å². The molecule has 96 valence electrons. The second-order valence-corrected chi connectivity index (χ2v) is 4.79. The molecule has 0 N–H and O–H groups in total. The predicted octanol–water partition coefficient (Wildman–Crippen LogP) is 1.57. The first-order valence-corrected chi connectivity index (χ1v) is 5.92. The van der Waals surface area contributed by atoms with Crippen LogP contribution in [0.2, 0.25) is 0 Å². The van der Waals surface area contributed by atoms with Crippen LogP contribution in [-0.2, 0) is 4.79 Å². The number of nitro groups is 1. The number of nitro benzene ring substituents is 1. The van der Waals surface area contributed by atoms with Gasteiger partial charge in [0.1, 0.15) is 11.5 Å². The predicted molar refractivity (Wildman–Crippen MR) is 63.0 cm³/mol. The topological polar surface area (TPSA) is 94.3 Å². The molecule has 0 saturated heterocycles. The Morgan fingerprint density at radius 3 is 2.47 bits per heavy atom. The highest BCUT2D eigenvalue weighted by atomic mass is 16.6. The summed E-state index contributed by atoms with van der Waals surface area (Å²) >= 11 is 0. The molecule has 3 rings (SSSR count). The Kier molecular flexibility index (Phi) is 2.35. The van der Waals surface area contributed by atoms with E-state index >= 15 is 0 Å². The molecule has 2 aliphatic carbocycles. The highest BCUT2D eigenvalue weighted by Gasteiger charge is 2.50. The molecule has 0 aliphatic heterocycles. The maximum Gasteiger partial charge on any atom is 0.280 e. The first kappa shape index (κ1) is 11.7. The number of benzene rings is 1. The molecule has 0 heterocycles. The molecular formula is C13H9NO5. The van der Waals surface area contributed by atoms with E-state index < -0.39 is 28.1 Å². The standard InChI is InChI=1S/C13H9NO5/c15-11(6-4-5-6)10-12(16)7-2-1-3-8(14(18)19)9(7)13(10)17/h1-3,6,10H,4-5H2/t10-/m0/s1. The average molecular weight is 259 g/mol. The van der Waals surface area contributed by atoms with Crippen LogP contribution in [0, 0.1) is 22.0 Å². The minimum atomic E-state index is -1.36. The molecule has 1 aromatic rings. The molecule has 0 radical (unpaired) electrons. The summed E-state index contributed by atoms with van der Waals surface area (Å²) in [6.07, 6.45) is 1.38. The van der Waals surface area contributed by atoms with Crippen molar-refractivity contribution in [2.24, 2.45) is 11.8 Å². The Morgan fingerprint density at radius 1 is 1.21 bits per heavy atom. The van der Waals surface area contributed by atoms with E-state index in [1.54, 1.807) is 0 Å². The maximum atomic E-state index is 12.2. The van der Waals surface area contributed by atoms with Crippen molar-refractivity contribution in [2.45, 2.75) is 12.8 Å². The third-order valence-corrected chi connectivity index (χ3v) is 3.54. The fourth-order valence-corrected chi connectivity index (χ4v) is 2.44. The van der Waals surface area contributed by atoms with Gasteiger partial charge in [-0.2, -0.15) is 0 Å². The summed E-state index contributed by atoms with van der Waals surface area (Å²) in [7, 11) is 0. The molecular weight excluding hydrogens is 250 g/mol. The van der Waals surface area contributed by atoms with E-state index in [-0.39, 0.29) is 22.8 Å². The smallest absolute Gasteiger partial charge is 0.280 e. The lowest BCUT2D eigenvalue weighted by Gasteiger charge is -2.03. The van der Waals surface area contributed by atoms with Crippen molar-refractivity contribution in [3.63, 3.8) is 0 Å². The summed E-state index contributed by atoms with van der Waals surface area (Å²) in [5.41, 5.74) is -0.614. The number of nitrogens with zero attached hydrogens (tertiary/aromatic N) is 1. The number of hydrogen-bond acceptors (Lipinski definition) is 5. The maximum absolute atomic E-state index is 12.2. The van der Waals surface area contributed by atoms with Crippen molar-refractivity contribution in [1.29, 1.82) is 0 Å². The van der Waals surface area contributed by atoms with Crippen LogP contribution in [0.5, 0.6) is 0 Å². The fraction of sp³-hybridized carbons (Fsp3) is 0.308. The minimum absolute atomic E-state index is 0.00167. The van der Waals surface area contributed by atoms with Crippen molar-refractivity contribution >= 4 is 23.0 Å². The number of rotatable bonds is 3. The van der Waals surface area contributed by atoms with Gasteiger partial charge in [0, 0.05) is 17.5 Å². The highest BCUT2D eigenvalue weighted by Crippen LogP contribution is 2.39. The third-order valence-electron chi connectivity index (χ3n) is 3.54. The van der Waals surface area contributed by atoms with Gasteiger partial charge < -0.3 is 0 Å².